The minimum atomic E-state index is -0.739. The molecule has 2 aliphatic rings. The second-order valence-corrected chi connectivity index (χ2v) is 10.2. The Labute approximate surface area is 207 Å². The Bertz CT molecular complexity index is 1460. The third kappa shape index (κ3) is 3.01. The molecule has 9 heteroatoms. The van der Waals surface area contributed by atoms with E-state index in [1.807, 2.05) is 25.1 Å². The molecular weight excluding hydrogens is 462 g/mol. The van der Waals surface area contributed by atoms with E-state index in [0.717, 1.165) is 29.8 Å². The number of H-pyrrole nitrogens is 1. The van der Waals surface area contributed by atoms with Crippen LogP contribution in [0.5, 0.6) is 0 Å². The van der Waals surface area contributed by atoms with Crippen molar-refractivity contribution in [2.24, 2.45) is 5.41 Å². The van der Waals surface area contributed by atoms with Crippen molar-refractivity contribution in [1.29, 1.82) is 0 Å². The number of fused-ring (bicyclic) bond motifs is 5. The van der Waals surface area contributed by atoms with E-state index in [1.165, 1.54) is 18.2 Å². The van der Waals surface area contributed by atoms with Crippen LogP contribution < -0.4 is 0 Å². The van der Waals surface area contributed by atoms with Gasteiger partial charge in [-0.1, -0.05) is 32.9 Å². The minimum absolute atomic E-state index is 0.152. The first-order valence-electron chi connectivity index (χ1n) is 12.2. The fourth-order valence-electron chi connectivity index (χ4n) is 6.28. The van der Waals surface area contributed by atoms with Gasteiger partial charge in [-0.05, 0) is 66.5 Å². The number of benzene rings is 1. The molecule has 2 N–H and O–H groups in total. The third-order valence-corrected chi connectivity index (χ3v) is 8.22. The molecule has 1 fully saturated rings. The second kappa shape index (κ2) is 7.96. The van der Waals surface area contributed by atoms with Gasteiger partial charge >= 0.3 is 0 Å². The number of aliphatic hydroxyl groups excluding tert-OH is 1. The summed E-state index contributed by atoms with van der Waals surface area (Å²) in [5, 5.41) is 26.0. The van der Waals surface area contributed by atoms with Crippen molar-refractivity contribution in [3.8, 4) is 22.8 Å². The molecule has 184 valence electrons. The number of nitrogens with zero attached hydrogens (tertiary/aromatic N) is 5. The second-order valence-electron chi connectivity index (χ2n) is 10.2. The van der Waals surface area contributed by atoms with Crippen molar-refractivity contribution in [3.05, 3.63) is 76.9 Å². The molecule has 0 amide bonds. The molecule has 3 aromatic heterocycles. The van der Waals surface area contributed by atoms with Gasteiger partial charge in [0.2, 0.25) is 0 Å². The number of aliphatic hydroxyl groups is 1. The summed E-state index contributed by atoms with van der Waals surface area (Å²) < 4.78 is 29.0. The van der Waals surface area contributed by atoms with E-state index in [0.29, 0.717) is 23.8 Å². The van der Waals surface area contributed by atoms with E-state index in [-0.39, 0.29) is 22.6 Å². The molecule has 0 spiro atoms. The van der Waals surface area contributed by atoms with Crippen LogP contribution in [0.2, 0.25) is 0 Å². The normalized spacial score (nSPS) is 22.6. The lowest BCUT2D eigenvalue weighted by Gasteiger charge is -2.37. The van der Waals surface area contributed by atoms with Crippen molar-refractivity contribution >= 4 is 0 Å². The van der Waals surface area contributed by atoms with Crippen molar-refractivity contribution in [3.63, 3.8) is 0 Å². The average Bonchev–Trinajstić information content (AvgIpc) is 3.52. The molecule has 6 rings (SSSR count). The maximum Gasteiger partial charge on any atom is 0.179 e. The molecule has 1 saturated carbocycles. The summed E-state index contributed by atoms with van der Waals surface area (Å²) in [5.74, 6) is -0.341. The predicted octanol–water partition coefficient (Wildman–Crippen LogP) is 5.25. The maximum atomic E-state index is 14.5. The van der Waals surface area contributed by atoms with E-state index in [1.54, 1.807) is 6.07 Å². The van der Waals surface area contributed by atoms with E-state index < -0.39 is 23.2 Å². The number of rotatable bonds is 5. The van der Waals surface area contributed by atoms with Crippen LogP contribution >= 0.6 is 0 Å². The van der Waals surface area contributed by atoms with Crippen molar-refractivity contribution in [1.82, 2.24) is 30.4 Å². The van der Waals surface area contributed by atoms with Gasteiger partial charge in [-0.25, -0.2) is 18.7 Å². The highest BCUT2D eigenvalue weighted by Crippen LogP contribution is 2.69. The SMILES string of the molecule is CC[C@H](O)c1n[nH]c(-c2cccc([C@]34CC[C@@H](c5cc(-c6c(F)cccc6F)nnc53)C4(C)C)n2)n1. The van der Waals surface area contributed by atoms with Crippen LogP contribution in [-0.2, 0) is 5.41 Å². The largest absolute Gasteiger partial charge is 0.385 e. The fourth-order valence-corrected chi connectivity index (χ4v) is 6.28. The third-order valence-electron chi connectivity index (χ3n) is 8.22. The first-order chi connectivity index (χ1) is 17.3. The van der Waals surface area contributed by atoms with Gasteiger partial charge in [-0.3, -0.25) is 5.10 Å². The summed E-state index contributed by atoms with van der Waals surface area (Å²) in [6.45, 7) is 6.27. The van der Waals surface area contributed by atoms with Crippen LogP contribution in [0.15, 0.2) is 42.5 Å². The Kier molecular flexibility index (Phi) is 5.05. The van der Waals surface area contributed by atoms with Gasteiger partial charge in [0.25, 0.3) is 0 Å². The van der Waals surface area contributed by atoms with Gasteiger partial charge in [-0.15, -0.1) is 5.10 Å². The minimum Gasteiger partial charge on any atom is -0.385 e. The number of halogens is 2. The Hall–Kier alpha value is -3.59. The molecule has 4 aromatic rings. The molecule has 0 radical (unpaired) electrons. The van der Waals surface area contributed by atoms with Gasteiger partial charge in [0, 0.05) is 0 Å². The quantitative estimate of drug-likeness (QED) is 0.398. The number of pyridine rings is 1. The topological polar surface area (TPSA) is 100 Å². The van der Waals surface area contributed by atoms with Crippen LogP contribution in [0.1, 0.15) is 74.8 Å². The zero-order valence-corrected chi connectivity index (χ0v) is 20.3. The summed E-state index contributed by atoms with van der Waals surface area (Å²) >= 11 is 0. The summed E-state index contributed by atoms with van der Waals surface area (Å²) in [7, 11) is 0. The zero-order chi connectivity index (χ0) is 25.2. The summed E-state index contributed by atoms with van der Waals surface area (Å²) in [4.78, 5) is 9.44. The van der Waals surface area contributed by atoms with Gasteiger partial charge in [-0.2, -0.15) is 10.2 Å². The number of hydrogen-bond donors (Lipinski definition) is 2. The molecule has 2 bridgehead atoms. The Balaban J connectivity index is 1.47. The average molecular weight is 489 g/mol. The molecule has 1 aromatic carbocycles. The van der Waals surface area contributed by atoms with E-state index in [2.05, 4.69) is 39.2 Å². The van der Waals surface area contributed by atoms with Crippen LogP contribution in [0, 0.1) is 17.0 Å². The Morgan fingerprint density at radius 2 is 1.81 bits per heavy atom. The first-order valence-corrected chi connectivity index (χ1v) is 12.2. The van der Waals surface area contributed by atoms with Crippen molar-refractivity contribution in [2.45, 2.75) is 57.5 Å². The van der Waals surface area contributed by atoms with Crippen LogP contribution in [0.4, 0.5) is 8.78 Å². The van der Waals surface area contributed by atoms with E-state index in [4.69, 9.17) is 4.98 Å². The standard InChI is InChI=1S/C27H26F2N6O/c1-4-20(36)25-31-24(34-35-25)18-9-6-10-21(30-18)27-12-11-15(26(27,2)3)14-13-19(32-33-23(14)27)22-16(28)7-5-8-17(22)29/h5-10,13,15,20,36H,4,11-12H2,1-3H3,(H,31,34,35)/t15-,20-,27+/m0/s1. The molecular formula is C27H26F2N6O. The lowest BCUT2D eigenvalue weighted by Crippen LogP contribution is -2.37. The van der Waals surface area contributed by atoms with Gasteiger partial charge in [0.1, 0.15) is 23.4 Å². The fraction of sp³-hybridized carbons (Fsp3) is 0.370. The van der Waals surface area contributed by atoms with Crippen molar-refractivity contribution < 1.29 is 13.9 Å². The lowest BCUT2D eigenvalue weighted by atomic mass is 9.66. The van der Waals surface area contributed by atoms with Crippen LogP contribution in [0.25, 0.3) is 22.8 Å². The zero-order valence-electron chi connectivity index (χ0n) is 20.3. The molecule has 3 atom stereocenters. The van der Waals surface area contributed by atoms with Gasteiger partial charge in [0.15, 0.2) is 11.6 Å². The highest BCUT2D eigenvalue weighted by Gasteiger charge is 2.65. The predicted molar refractivity (Wildman–Crippen MR) is 129 cm³/mol. The van der Waals surface area contributed by atoms with Crippen LogP contribution in [-0.4, -0.2) is 35.5 Å². The highest BCUT2D eigenvalue weighted by atomic mass is 19.1. The number of hydrogen-bond acceptors (Lipinski definition) is 6. The Morgan fingerprint density at radius 3 is 2.56 bits per heavy atom. The maximum absolute atomic E-state index is 14.5. The molecule has 2 aliphatic carbocycles. The molecule has 7 nitrogen and oxygen atoms in total. The van der Waals surface area contributed by atoms with E-state index in [9.17, 15) is 13.9 Å². The summed E-state index contributed by atoms with van der Waals surface area (Å²) in [5.41, 5.74) is 2.55. The van der Waals surface area contributed by atoms with Gasteiger partial charge in [0.05, 0.1) is 28.1 Å². The lowest BCUT2D eigenvalue weighted by molar-refractivity contribution is 0.164. The molecule has 3 heterocycles. The molecule has 0 aliphatic heterocycles. The number of aromatic amines is 1. The summed E-state index contributed by atoms with van der Waals surface area (Å²) in [6, 6.07) is 11.4. The number of nitrogens with one attached hydrogen (secondary N) is 1. The molecule has 0 unspecified atom stereocenters. The molecule has 36 heavy (non-hydrogen) atoms. The van der Waals surface area contributed by atoms with Crippen molar-refractivity contribution in [2.75, 3.05) is 0 Å². The van der Waals surface area contributed by atoms with Crippen LogP contribution in [0.3, 0.4) is 0 Å². The highest BCUT2D eigenvalue weighted by molar-refractivity contribution is 5.64. The van der Waals surface area contributed by atoms with E-state index >= 15 is 0 Å². The monoisotopic (exact) mass is 488 g/mol. The molecule has 0 saturated heterocycles. The Morgan fingerprint density at radius 1 is 1.06 bits per heavy atom. The van der Waals surface area contributed by atoms with Gasteiger partial charge < -0.3 is 5.11 Å². The smallest absolute Gasteiger partial charge is 0.179 e. The first kappa shape index (κ1) is 22.8. The number of aromatic nitrogens is 6. The summed E-state index contributed by atoms with van der Waals surface area (Å²) in [6.07, 6.45) is 1.52.